The van der Waals surface area contributed by atoms with Crippen LogP contribution in [0.2, 0.25) is 5.02 Å². The lowest BCUT2D eigenvalue weighted by Gasteiger charge is -2.43. The zero-order valence-corrected chi connectivity index (χ0v) is 55.0. The second kappa shape index (κ2) is 35.6. The molecular weight excluding hydrogens is 1200 g/mol. The Morgan fingerprint density at radius 3 is 2.10 bits per heavy atom. The molecule has 1 aliphatic carbocycles. The molecule has 504 valence electrons. The van der Waals surface area contributed by atoms with Crippen LogP contribution in [0.5, 0.6) is 0 Å². The number of nitrogens with two attached hydrogens (primary N) is 3. The number of hydrogen-bond donors (Lipinski definition) is 8. The van der Waals surface area contributed by atoms with Crippen molar-refractivity contribution in [2.24, 2.45) is 40.9 Å². The average Bonchev–Trinajstić information content (AvgIpc) is 0.760. The van der Waals surface area contributed by atoms with E-state index in [1.54, 1.807) is 89.2 Å². The van der Waals surface area contributed by atoms with Crippen molar-refractivity contribution in [3.8, 4) is 0 Å². The van der Waals surface area contributed by atoms with E-state index in [0.717, 1.165) is 44.1 Å². The lowest BCUT2D eigenvalue weighted by Crippen LogP contribution is -2.69. The molecule has 0 bridgehead atoms. The highest BCUT2D eigenvalue weighted by Gasteiger charge is 2.56. The van der Waals surface area contributed by atoms with Gasteiger partial charge in [0.1, 0.15) is 36.4 Å². The number of rotatable bonds is 34. The number of imidazole rings is 2. The van der Waals surface area contributed by atoms with Crippen LogP contribution >= 0.6 is 11.6 Å². The second-order valence-corrected chi connectivity index (χ2v) is 26.3. The van der Waals surface area contributed by atoms with Crippen LogP contribution in [-0.2, 0) is 73.7 Å². The Hall–Kier alpha value is -7.38. The van der Waals surface area contributed by atoms with Gasteiger partial charge in [0.25, 0.3) is 11.8 Å². The standard InChI is InChI=1S/C67H97ClN12O12/c1-43(2)50(26-15-13-24-45-20-9-7-10-21-45)60(85)80(67(40-81,35-49-38-73-42-75-49)64(89)92-66(4,5)6)63(88)57(44(3)56(82)36-70)77-59(84)55(28-17-18-32-69)79(65(90)91-39-47-25-14-16-27-51(47)68)62(87)53(31-30-46-22-11-8-12-23-46)76-58(83)54-29-19-33-78(54)61(86)52(71)34-48-37-72-41-74-48/h8,11-12,14,16,22-23,25,27,37-38,40-45,50,52-57,82H,7,9-10,13,15,17-21,24,26,28-36,39,69-71H2,1-6H3,(H,72,74)(H,73,75)(H,76,83)(H,77,84)/t44-,50?,52-,53-,54-,55-,56+,57-,67-/m0/s1. The van der Waals surface area contributed by atoms with Crippen LogP contribution in [0.1, 0.15) is 160 Å². The molecule has 9 atom stereocenters. The zero-order valence-electron chi connectivity index (χ0n) is 54.2. The number of amides is 7. The van der Waals surface area contributed by atoms with Gasteiger partial charge in [-0.2, -0.15) is 0 Å². The average molecular weight is 1300 g/mol. The molecule has 2 fully saturated rings. The maximum absolute atomic E-state index is 16.4. The Bertz CT molecular complexity index is 3030. The number of benzene rings is 2. The number of H-pyrrole nitrogens is 2. The topological polar surface area (TPSA) is 362 Å². The van der Waals surface area contributed by atoms with Gasteiger partial charge < -0.3 is 62.1 Å². The Balaban J connectivity index is 1.49. The minimum absolute atomic E-state index is 0.0766. The quantitative estimate of drug-likeness (QED) is 0.0112. The number of nitrogens with zero attached hydrogens (tertiary/aromatic N) is 5. The van der Waals surface area contributed by atoms with Crippen LogP contribution in [0.25, 0.3) is 0 Å². The van der Waals surface area contributed by atoms with E-state index in [0.29, 0.717) is 39.8 Å². The summed E-state index contributed by atoms with van der Waals surface area (Å²) in [5.41, 5.74) is 16.3. The van der Waals surface area contributed by atoms with E-state index < -0.39 is 132 Å². The summed E-state index contributed by atoms with van der Waals surface area (Å²) in [6, 6.07) is 7.69. The smallest absolute Gasteiger partial charge is 0.417 e. The first-order valence-electron chi connectivity index (χ1n) is 32.5. The number of aromatic nitrogens is 4. The molecule has 7 amide bonds. The molecule has 1 aliphatic heterocycles. The Labute approximate surface area is 545 Å². The van der Waals surface area contributed by atoms with E-state index in [-0.39, 0.29) is 81.5 Å². The Morgan fingerprint density at radius 2 is 1.48 bits per heavy atom. The number of carbonyl (C=O) groups excluding carboxylic acids is 9. The number of aldehydes is 1. The van der Waals surface area contributed by atoms with Crippen molar-refractivity contribution in [2.45, 2.75) is 211 Å². The summed E-state index contributed by atoms with van der Waals surface area (Å²) in [5, 5.41) is 17.5. The molecule has 25 heteroatoms. The predicted molar refractivity (Wildman–Crippen MR) is 345 cm³/mol. The fourth-order valence-corrected chi connectivity index (χ4v) is 12.5. The van der Waals surface area contributed by atoms with Crippen molar-refractivity contribution < 1.29 is 57.7 Å². The maximum Gasteiger partial charge on any atom is 0.417 e. The molecule has 6 rings (SSSR count). The highest BCUT2D eigenvalue weighted by molar-refractivity contribution is 6.31. The molecule has 4 aromatic rings. The number of hydrogen-bond acceptors (Lipinski definition) is 17. The van der Waals surface area contributed by atoms with Crippen molar-refractivity contribution in [3.05, 3.63) is 107 Å². The molecule has 2 aromatic carbocycles. The highest BCUT2D eigenvalue weighted by Crippen LogP contribution is 2.34. The number of halogens is 1. The molecule has 11 N–H and O–H groups in total. The number of esters is 1. The lowest BCUT2D eigenvalue weighted by atomic mass is 9.82. The molecule has 2 aliphatic rings. The van der Waals surface area contributed by atoms with Crippen LogP contribution in [0, 0.1) is 23.7 Å². The van der Waals surface area contributed by atoms with E-state index in [4.69, 9.17) is 38.3 Å². The zero-order chi connectivity index (χ0) is 67.1. The van der Waals surface area contributed by atoms with Gasteiger partial charge in [-0.25, -0.2) is 24.5 Å². The van der Waals surface area contributed by atoms with Gasteiger partial charge >= 0.3 is 12.1 Å². The van der Waals surface area contributed by atoms with E-state index >= 15 is 28.8 Å². The molecule has 0 spiro atoms. The summed E-state index contributed by atoms with van der Waals surface area (Å²) in [6.45, 7) is 8.88. The SMILES string of the molecule is CC(C)C(CCCCC1CCCCC1)C(=O)N(C(=O)[C@@H](NC(=O)[C@H](CCCCN)N(C(=O)OCc1ccccc1Cl)C(=O)[C@H](CCc1ccccc1)NC(=O)[C@@H]1CCCN1C(=O)[C@@H](N)Cc1cnc[nH]1)[C@@H](C)[C@H](O)CN)[C@](C=O)(Cc1cnc[nH]1)C(=O)OC(C)(C)C. The summed E-state index contributed by atoms with van der Waals surface area (Å²) in [6.07, 6.45) is 11.0. The fourth-order valence-electron chi connectivity index (χ4n) is 12.3. The first-order chi connectivity index (χ1) is 43.9. The summed E-state index contributed by atoms with van der Waals surface area (Å²) in [5.74, 6) is -9.49. The summed E-state index contributed by atoms with van der Waals surface area (Å²) in [7, 11) is 0. The van der Waals surface area contributed by atoms with Gasteiger partial charge in [0, 0.05) is 72.1 Å². The summed E-state index contributed by atoms with van der Waals surface area (Å²) >= 11 is 6.56. The maximum atomic E-state index is 16.4. The van der Waals surface area contributed by atoms with E-state index in [1.807, 2.05) is 0 Å². The largest absolute Gasteiger partial charge is 0.458 e. The number of aromatic amines is 2. The molecule has 3 heterocycles. The third kappa shape index (κ3) is 20.3. The number of likely N-dealkylation sites (tertiary alicyclic amines) is 1. The van der Waals surface area contributed by atoms with Crippen molar-refractivity contribution >= 4 is 65.4 Å². The molecule has 92 heavy (non-hydrogen) atoms. The molecule has 1 unspecified atom stereocenters. The van der Waals surface area contributed by atoms with E-state index in [2.05, 4.69) is 30.6 Å². The van der Waals surface area contributed by atoms with Crippen molar-refractivity contribution in [1.29, 1.82) is 0 Å². The molecule has 0 radical (unpaired) electrons. The molecule has 24 nitrogen and oxygen atoms in total. The van der Waals surface area contributed by atoms with Crippen LogP contribution in [-0.4, -0.2) is 161 Å². The number of aliphatic hydroxyl groups is 1. The Morgan fingerprint density at radius 1 is 0.815 bits per heavy atom. The normalized spacial score (nSPS) is 17.4. The Kier molecular flexibility index (Phi) is 28.5. The van der Waals surface area contributed by atoms with Gasteiger partial charge in [0.15, 0.2) is 6.29 Å². The molecular formula is C67H97ClN12O12. The summed E-state index contributed by atoms with van der Waals surface area (Å²) in [4.78, 5) is 154. The van der Waals surface area contributed by atoms with Crippen molar-refractivity contribution in [3.63, 3.8) is 0 Å². The number of imide groups is 2. The monoisotopic (exact) mass is 1300 g/mol. The molecule has 1 saturated heterocycles. The minimum atomic E-state index is -2.79. The minimum Gasteiger partial charge on any atom is -0.458 e. The third-order valence-corrected chi connectivity index (χ3v) is 18.0. The number of nitrogens with one attached hydrogen (secondary N) is 4. The lowest BCUT2D eigenvalue weighted by molar-refractivity contribution is -0.181. The van der Waals surface area contributed by atoms with Gasteiger partial charge in [0.2, 0.25) is 29.2 Å². The number of ether oxygens (including phenoxy) is 2. The van der Waals surface area contributed by atoms with E-state index in [1.165, 1.54) is 43.3 Å². The highest BCUT2D eigenvalue weighted by atomic mass is 35.5. The van der Waals surface area contributed by atoms with Gasteiger partial charge in [-0.3, -0.25) is 33.7 Å². The van der Waals surface area contributed by atoms with Gasteiger partial charge in [-0.1, -0.05) is 132 Å². The third-order valence-electron chi connectivity index (χ3n) is 17.6. The van der Waals surface area contributed by atoms with Gasteiger partial charge in [-0.05, 0) is 102 Å². The van der Waals surface area contributed by atoms with Crippen LogP contribution < -0.4 is 27.8 Å². The van der Waals surface area contributed by atoms with E-state index in [9.17, 15) is 19.5 Å². The summed E-state index contributed by atoms with van der Waals surface area (Å²) < 4.78 is 11.9. The van der Waals surface area contributed by atoms with Crippen molar-refractivity contribution in [1.82, 2.24) is 45.3 Å². The second-order valence-electron chi connectivity index (χ2n) is 25.9. The van der Waals surface area contributed by atoms with Crippen LogP contribution in [0.3, 0.4) is 0 Å². The number of carbonyl (C=O) groups is 9. The van der Waals surface area contributed by atoms with Gasteiger partial charge in [0.05, 0.1) is 24.8 Å². The molecule has 1 saturated carbocycles. The van der Waals surface area contributed by atoms with Crippen molar-refractivity contribution in [2.75, 3.05) is 19.6 Å². The first-order valence-corrected chi connectivity index (χ1v) is 32.9. The number of aliphatic hydroxyl groups excluding tert-OH is 1. The number of aryl methyl sites for hydroxylation is 1. The fraction of sp³-hybridized carbons (Fsp3) is 0.597. The van der Waals surface area contributed by atoms with Crippen LogP contribution in [0.4, 0.5) is 4.79 Å². The predicted octanol–water partition coefficient (Wildman–Crippen LogP) is 6.16. The van der Waals surface area contributed by atoms with Gasteiger partial charge in [-0.15, -0.1) is 0 Å². The van der Waals surface area contributed by atoms with Crippen LogP contribution in [0.15, 0.2) is 79.6 Å². The first kappa shape index (κ1) is 73.7. The number of unbranched alkanes of at least 4 members (excludes halogenated alkanes) is 2. The molecule has 2 aromatic heterocycles.